The summed E-state index contributed by atoms with van der Waals surface area (Å²) in [6.45, 7) is 10.4. The number of carbonyl (C=O) groups is 3. The molecule has 4 aliphatic carbocycles. The van der Waals surface area contributed by atoms with E-state index < -0.39 is 0 Å². The van der Waals surface area contributed by atoms with Crippen LogP contribution < -0.4 is 33.2 Å². The highest BCUT2D eigenvalue weighted by Crippen LogP contribution is 2.68. The average Bonchev–Trinajstić information content (AvgIpc) is 3.44. The van der Waals surface area contributed by atoms with Gasteiger partial charge in [-0.25, -0.2) is 0 Å². The summed E-state index contributed by atoms with van der Waals surface area (Å²) in [6, 6.07) is 10.9. The molecule has 1 aromatic rings. The third-order valence-corrected chi connectivity index (χ3v) is 14.3. The van der Waals surface area contributed by atoms with Gasteiger partial charge >= 0.3 is 0 Å². The number of carbonyl (C=O) groups excluding carboxylic acids is 3. The Morgan fingerprint density at radius 3 is 2.16 bits per heavy atom. The number of amides is 3. The molecule has 11 atom stereocenters. The lowest BCUT2D eigenvalue weighted by molar-refractivity contribution is -0.153. The summed E-state index contributed by atoms with van der Waals surface area (Å²) in [5.74, 6) is 2.53. The van der Waals surface area contributed by atoms with Crippen molar-refractivity contribution < 1.29 is 14.4 Å². The van der Waals surface area contributed by atoms with Gasteiger partial charge in [-0.05, 0) is 123 Å². The van der Waals surface area contributed by atoms with Gasteiger partial charge in [-0.2, -0.15) is 0 Å². The summed E-state index contributed by atoms with van der Waals surface area (Å²) < 4.78 is 0. The van der Waals surface area contributed by atoms with Gasteiger partial charge in [0.25, 0.3) is 0 Å². The largest absolute Gasteiger partial charge is 0.353 e. The molecular formula is C41H69N7O3. The number of hydrogen-bond acceptors (Lipinski definition) is 7. The maximum atomic E-state index is 13.4. The van der Waals surface area contributed by atoms with E-state index >= 15 is 0 Å². The Labute approximate surface area is 307 Å². The quantitative estimate of drug-likeness (QED) is 0.151. The molecule has 5 unspecified atom stereocenters. The fraction of sp³-hybridized carbons (Fsp3) is 0.780. The molecule has 4 fully saturated rings. The van der Waals surface area contributed by atoms with E-state index in [0.717, 1.165) is 70.9 Å². The van der Waals surface area contributed by atoms with Crippen molar-refractivity contribution in [3.63, 3.8) is 0 Å². The van der Waals surface area contributed by atoms with E-state index in [4.69, 9.17) is 17.2 Å². The Kier molecular flexibility index (Phi) is 13.6. The summed E-state index contributed by atoms with van der Waals surface area (Å²) in [4.78, 5) is 41.7. The molecule has 10 nitrogen and oxygen atoms in total. The second kappa shape index (κ2) is 17.5. The van der Waals surface area contributed by atoms with Crippen LogP contribution in [0.25, 0.3) is 0 Å². The maximum Gasteiger partial charge on any atom is 0.221 e. The highest BCUT2D eigenvalue weighted by Gasteiger charge is 2.66. The first-order valence-electron chi connectivity index (χ1n) is 20.1. The summed E-state index contributed by atoms with van der Waals surface area (Å²) in [6.07, 6.45) is 10.3. The van der Waals surface area contributed by atoms with E-state index in [1.54, 1.807) is 0 Å². The predicted octanol–water partition coefficient (Wildman–Crippen LogP) is 3.91. The average molecular weight is 708 g/mol. The molecule has 0 saturated heterocycles. The summed E-state index contributed by atoms with van der Waals surface area (Å²) in [5.41, 5.74) is 18.8. The Balaban J connectivity index is 1.39. The highest BCUT2D eigenvalue weighted by atomic mass is 16.2. The van der Waals surface area contributed by atoms with Crippen LogP contribution in [-0.2, 0) is 20.9 Å². The molecule has 0 radical (unpaired) electrons. The molecule has 1 aromatic carbocycles. The standard InChI is InChI=1S/C41H69N7O3/c1-27(9-8-22-48(4)26-28-10-6-5-7-11-28)31-12-13-32-39-33(25-35(41(31,32)3)47-38(51)17-21-44)40(2)18-14-30(45-36(49)15-19-42)23-29(40)24-34(39)46-37(50)16-20-43/h5-7,10-11,27,29-35,39H,8-9,12-26,42-44H2,1-4H3,(H,45,49)(H,46,50)(H,47,51)/t27-,29?,30-,31?,32?,33?,34-,35+,39?,40+,41-/m1/s1. The SMILES string of the molecule is C[C@H](CCCN(C)Cc1ccccc1)C1CCC2C3C(C[C@H](NC(=O)CCN)[C@@]21C)[C@@]1(C)CC[C@@H](NC(=O)CCN)CC1C[C@H]3NC(=O)CCN. The molecule has 9 N–H and O–H groups in total. The van der Waals surface area contributed by atoms with Gasteiger partial charge < -0.3 is 38.1 Å². The van der Waals surface area contributed by atoms with Crippen LogP contribution >= 0.6 is 0 Å². The van der Waals surface area contributed by atoms with Crippen LogP contribution in [0.15, 0.2) is 30.3 Å². The summed E-state index contributed by atoms with van der Waals surface area (Å²) in [7, 11) is 2.21. The number of nitrogens with two attached hydrogens (primary N) is 3. The van der Waals surface area contributed by atoms with Gasteiger partial charge in [0.15, 0.2) is 0 Å². The van der Waals surface area contributed by atoms with Gasteiger partial charge in [0.1, 0.15) is 0 Å². The molecule has 0 aromatic heterocycles. The van der Waals surface area contributed by atoms with Gasteiger partial charge in [0.2, 0.25) is 17.7 Å². The highest BCUT2D eigenvalue weighted by molar-refractivity contribution is 5.77. The van der Waals surface area contributed by atoms with Gasteiger partial charge in [0.05, 0.1) is 0 Å². The van der Waals surface area contributed by atoms with Crippen molar-refractivity contribution in [3.8, 4) is 0 Å². The lowest BCUT2D eigenvalue weighted by Gasteiger charge is -2.65. The third kappa shape index (κ3) is 8.82. The van der Waals surface area contributed by atoms with Crippen LogP contribution in [0.4, 0.5) is 0 Å². The van der Waals surface area contributed by atoms with Crippen LogP contribution in [0.5, 0.6) is 0 Å². The number of nitrogens with one attached hydrogen (secondary N) is 3. The number of benzene rings is 1. The van der Waals surface area contributed by atoms with Crippen molar-refractivity contribution in [2.75, 3.05) is 33.2 Å². The zero-order valence-corrected chi connectivity index (χ0v) is 32.0. The van der Waals surface area contributed by atoms with Crippen molar-refractivity contribution in [1.29, 1.82) is 0 Å². The lowest BCUT2D eigenvalue weighted by Crippen LogP contribution is -2.67. The molecule has 286 valence electrons. The van der Waals surface area contributed by atoms with Crippen LogP contribution in [0.1, 0.15) is 103 Å². The number of fused-ring (bicyclic) bond motifs is 5. The Bertz CT molecular complexity index is 1310. The van der Waals surface area contributed by atoms with Crippen molar-refractivity contribution in [2.24, 2.45) is 63.5 Å². The number of nitrogens with zero attached hydrogens (tertiary/aromatic N) is 1. The minimum Gasteiger partial charge on any atom is -0.353 e. The number of hydrogen-bond donors (Lipinski definition) is 6. The second-order valence-corrected chi connectivity index (χ2v) is 17.3. The zero-order valence-electron chi connectivity index (χ0n) is 32.0. The van der Waals surface area contributed by atoms with Crippen LogP contribution in [0, 0.1) is 46.3 Å². The van der Waals surface area contributed by atoms with Gasteiger partial charge in [-0.3, -0.25) is 14.4 Å². The van der Waals surface area contributed by atoms with Crippen molar-refractivity contribution >= 4 is 17.7 Å². The van der Waals surface area contributed by atoms with Crippen LogP contribution in [0.3, 0.4) is 0 Å². The van der Waals surface area contributed by atoms with Crippen molar-refractivity contribution in [1.82, 2.24) is 20.9 Å². The maximum absolute atomic E-state index is 13.4. The Hall–Kier alpha value is -2.53. The van der Waals surface area contributed by atoms with Crippen LogP contribution in [0.2, 0.25) is 0 Å². The molecule has 0 aliphatic heterocycles. The zero-order chi connectivity index (χ0) is 36.8. The van der Waals surface area contributed by atoms with Crippen molar-refractivity contribution in [3.05, 3.63) is 35.9 Å². The van der Waals surface area contributed by atoms with E-state index in [9.17, 15) is 14.4 Å². The van der Waals surface area contributed by atoms with Gasteiger partial charge in [0, 0.05) is 63.6 Å². The first kappa shape index (κ1) is 39.7. The van der Waals surface area contributed by atoms with Gasteiger partial charge in [-0.15, -0.1) is 0 Å². The van der Waals surface area contributed by atoms with E-state index in [0.29, 0.717) is 74.4 Å². The topological polar surface area (TPSA) is 169 Å². The van der Waals surface area contributed by atoms with Crippen molar-refractivity contribution in [2.45, 2.75) is 122 Å². The van der Waals surface area contributed by atoms with E-state index in [2.05, 4.69) is 79.0 Å². The fourth-order valence-corrected chi connectivity index (χ4v) is 11.8. The first-order valence-corrected chi connectivity index (χ1v) is 20.1. The minimum absolute atomic E-state index is 0.0256. The molecule has 4 aliphatic rings. The molecule has 10 heteroatoms. The monoisotopic (exact) mass is 708 g/mol. The molecule has 0 spiro atoms. The molecule has 3 amide bonds. The third-order valence-electron chi connectivity index (χ3n) is 14.3. The predicted molar refractivity (Wildman–Crippen MR) is 204 cm³/mol. The molecule has 4 saturated carbocycles. The van der Waals surface area contributed by atoms with E-state index in [1.165, 1.54) is 5.56 Å². The Morgan fingerprint density at radius 2 is 1.49 bits per heavy atom. The molecular weight excluding hydrogens is 638 g/mol. The second-order valence-electron chi connectivity index (χ2n) is 17.3. The Morgan fingerprint density at radius 1 is 0.843 bits per heavy atom. The lowest BCUT2D eigenvalue weighted by atomic mass is 9.42. The smallest absolute Gasteiger partial charge is 0.221 e. The fourth-order valence-electron chi connectivity index (χ4n) is 11.8. The van der Waals surface area contributed by atoms with Gasteiger partial charge in [-0.1, -0.05) is 51.1 Å². The minimum atomic E-state index is -0.0891. The number of rotatable bonds is 16. The normalized spacial score (nSPS) is 34.9. The van der Waals surface area contributed by atoms with Crippen LogP contribution in [-0.4, -0.2) is 74.0 Å². The first-order chi connectivity index (χ1) is 24.4. The summed E-state index contributed by atoms with van der Waals surface area (Å²) >= 11 is 0. The summed E-state index contributed by atoms with van der Waals surface area (Å²) in [5, 5.41) is 10.4. The van der Waals surface area contributed by atoms with E-state index in [-0.39, 0.29) is 46.7 Å². The van der Waals surface area contributed by atoms with E-state index in [1.807, 2.05) is 0 Å². The molecule has 0 bridgehead atoms. The molecule has 0 heterocycles. The molecule has 51 heavy (non-hydrogen) atoms. The molecule has 5 rings (SSSR count).